The minimum absolute atomic E-state index is 0.00428. The van der Waals surface area contributed by atoms with Crippen LogP contribution in [0.4, 0.5) is 5.69 Å². The second kappa shape index (κ2) is 10.9. The lowest BCUT2D eigenvalue weighted by molar-refractivity contribution is -0.116. The summed E-state index contributed by atoms with van der Waals surface area (Å²) in [4.78, 5) is 24.2. The highest BCUT2D eigenvalue weighted by atomic mass is 16.2. The predicted molar refractivity (Wildman–Crippen MR) is 136 cm³/mol. The van der Waals surface area contributed by atoms with Crippen LogP contribution in [0.1, 0.15) is 43.9 Å². The van der Waals surface area contributed by atoms with E-state index in [2.05, 4.69) is 39.1 Å². The molecule has 1 aliphatic rings. The van der Waals surface area contributed by atoms with Crippen molar-refractivity contribution in [2.45, 2.75) is 32.7 Å². The molecule has 8 heteroatoms. The first-order valence-corrected chi connectivity index (χ1v) is 11.7. The lowest BCUT2D eigenvalue weighted by atomic mass is 10.1. The van der Waals surface area contributed by atoms with Crippen LogP contribution in [0, 0.1) is 11.3 Å². The van der Waals surface area contributed by atoms with Gasteiger partial charge in [0.1, 0.15) is 11.6 Å². The highest BCUT2D eigenvalue weighted by molar-refractivity contribution is 5.92. The maximum absolute atomic E-state index is 11.7. The topological polar surface area (TPSA) is 90.4 Å². The molecule has 0 spiro atoms. The number of carbonyl (C=O) groups excluding carboxylic acids is 1. The molecule has 0 radical (unpaired) electrons. The van der Waals surface area contributed by atoms with Crippen LogP contribution in [-0.4, -0.2) is 50.5 Å². The van der Waals surface area contributed by atoms with Crippen LogP contribution in [0.25, 0.3) is 16.9 Å². The summed E-state index contributed by atoms with van der Waals surface area (Å²) in [7, 11) is 2.19. The Balaban J connectivity index is 0.000000201. The number of nitriles is 1. The fourth-order valence-electron chi connectivity index (χ4n) is 4.51. The summed E-state index contributed by atoms with van der Waals surface area (Å²) < 4.78 is 1.64. The van der Waals surface area contributed by atoms with Crippen molar-refractivity contribution < 1.29 is 4.79 Å². The molecule has 0 N–H and O–H groups in total. The predicted octanol–water partition coefficient (Wildman–Crippen LogP) is 4.49. The first-order valence-electron chi connectivity index (χ1n) is 11.7. The van der Waals surface area contributed by atoms with E-state index in [0.717, 1.165) is 16.9 Å². The highest BCUT2D eigenvalue weighted by Crippen LogP contribution is 2.29. The van der Waals surface area contributed by atoms with Crippen LogP contribution in [-0.2, 0) is 4.79 Å². The monoisotopic (exact) mass is 467 g/mol. The molecule has 1 amide bonds. The summed E-state index contributed by atoms with van der Waals surface area (Å²) in [5, 5.41) is 13.4. The largest absolute Gasteiger partial charge is 0.313 e. The van der Waals surface area contributed by atoms with E-state index >= 15 is 0 Å². The van der Waals surface area contributed by atoms with Gasteiger partial charge in [0.15, 0.2) is 5.65 Å². The lowest BCUT2D eigenvalue weighted by Gasteiger charge is -2.19. The van der Waals surface area contributed by atoms with E-state index in [-0.39, 0.29) is 5.91 Å². The van der Waals surface area contributed by atoms with Crippen molar-refractivity contribution in [2.75, 3.05) is 25.0 Å². The molecule has 0 aliphatic carbocycles. The fraction of sp³-hybridized carbons (Fsp3) is 0.296. The van der Waals surface area contributed by atoms with Crippen LogP contribution in [0.3, 0.4) is 0 Å². The Kier molecular flexibility index (Phi) is 7.48. The van der Waals surface area contributed by atoms with Gasteiger partial charge >= 0.3 is 0 Å². The van der Waals surface area contributed by atoms with Crippen molar-refractivity contribution >= 4 is 17.2 Å². The van der Waals surface area contributed by atoms with Gasteiger partial charge in [0.05, 0.1) is 11.9 Å². The zero-order valence-corrected chi connectivity index (χ0v) is 20.3. The van der Waals surface area contributed by atoms with Gasteiger partial charge in [-0.2, -0.15) is 10.4 Å². The summed E-state index contributed by atoms with van der Waals surface area (Å²) in [6.07, 6.45) is 9.56. The number of hydrogen-bond acceptors (Lipinski definition) is 6. The van der Waals surface area contributed by atoms with Crippen LogP contribution < -0.4 is 4.90 Å². The minimum atomic E-state index is -0.00428. The molecular formula is C27H29N7O. The van der Waals surface area contributed by atoms with Crippen LogP contribution in [0.5, 0.6) is 0 Å². The Labute approximate surface area is 205 Å². The second-order valence-corrected chi connectivity index (χ2v) is 8.47. The van der Waals surface area contributed by atoms with Gasteiger partial charge in [-0.15, -0.1) is 0 Å². The molecule has 1 aliphatic heterocycles. The van der Waals surface area contributed by atoms with Gasteiger partial charge in [0.2, 0.25) is 5.91 Å². The van der Waals surface area contributed by atoms with Crippen molar-refractivity contribution in [3.05, 3.63) is 78.4 Å². The average Bonchev–Trinajstić information content (AvgIpc) is 3.51. The Bertz CT molecular complexity index is 1340. The molecule has 0 bridgehead atoms. The fourth-order valence-corrected chi connectivity index (χ4v) is 4.51. The summed E-state index contributed by atoms with van der Waals surface area (Å²) in [5.74, 6) is -0.00428. The molecular weight excluding hydrogens is 438 g/mol. The molecule has 1 fully saturated rings. The number of amides is 1. The number of anilines is 1. The number of pyridine rings is 1. The van der Waals surface area contributed by atoms with E-state index in [1.807, 2.05) is 55.7 Å². The summed E-state index contributed by atoms with van der Waals surface area (Å²) in [6, 6.07) is 16.4. The van der Waals surface area contributed by atoms with Crippen molar-refractivity contribution in [1.82, 2.24) is 24.5 Å². The molecule has 1 aromatic carbocycles. The van der Waals surface area contributed by atoms with Gasteiger partial charge in [0, 0.05) is 49.4 Å². The minimum Gasteiger partial charge on any atom is -0.313 e. The number of hydrogen-bond donors (Lipinski definition) is 0. The number of likely N-dealkylation sites (tertiary alicyclic amines) is 1. The molecule has 35 heavy (non-hydrogen) atoms. The standard InChI is InChI=1S/C17H15N5O.C10H14N2/c1-3-21(12(2)23)15-6-4-5-13(9-15)16-7-8-19-17-14(10-18)11-20-22(16)17;1-12-7-3-5-10(12)9-4-2-6-11-8-9/h4-9,11H,3H2,1-2H3;2,4,6,8,10H,3,5,7H2,1H3/t;10-/m.0/s1. The van der Waals surface area contributed by atoms with Crippen molar-refractivity contribution in [3.8, 4) is 17.3 Å². The molecule has 1 atom stereocenters. The second-order valence-electron chi connectivity index (χ2n) is 8.47. The first-order chi connectivity index (χ1) is 17.0. The average molecular weight is 468 g/mol. The molecule has 1 saturated heterocycles. The third kappa shape index (κ3) is 5.20. The number of benzene rings is 1. The Hall–Kier alpha value is -4.09. The zero-order valence-electron chi connectivity index (χ0n) is 20.3. The summed E-state index contributed by atoms with van der Waals surface area (Å²) >= 11 is 0. The van der Waals surface area contributed by atoms with Crippen LogP contribution in [0.15, 0.2) is 67.3 Å². The van der Waals surface area contributed by atoms with Crippen LogP contribution >= 0.6 is 0 Å². The van der Waals surface area contributed by atoms with Gasteiger partial charge in [-0.1, -0.05) is 18.2 Å². The van der Waals surface area contributed by atoms with Gasteiger partial charge in [-0.05, 0) is 63.2 Å². The normalized spacial score (nSPS) is 15.3. The Morgan fingerprint density at radius 2 is 2.06 bits per heavy atom. The van der Waals surface area contributed by atoms with E-state index in [4.69, 9.17) is 5.26 Å². The molecule has 8 nitrogen and oxygen atoms in total. The molecule has 178 valence electrons. The molecule has 4 heterocycles. The smallest absolute Gasteiger partial charge is 0.223 e. The van der Waals surface area contributed by atoms with E-state index < -0.39 is 0 Å². The molecule has 0 saturated carbocycles. The van der Waals surface area contributed by atoms with Crippen molar-refractivity contribution in [2.24, 2.45) is 0 Å². The summed E-state index contributed by atoms with van der Waals surface area (Å²) in [5.41, 5.74) is 4.86. The Morgan fingerprint density at radius 3 is 2.71 bits per heavy atom. The zero-order chi connectivity index (χ0) is 24.8. The van der Waals surface area contributed by atoms with Crippen molar-refractivity contribution in [3.63, 3.8) is 0 Å². The molecule has 5 rings (SSSR count). The Morgan fingerprint density at radius 1 is 1.20 bits per heavy atom. The highest BCUT2D eigenvalue weighted by Gasteiger charge is 2.22. The number of rotatable bonds is 4. The van der Waals surface area contributed by atoms with Gasteiger partial charge in [-0.25, -0.2) is 9.50 Å². The number of carbonyl (C=O) groups is 1. The summed E-state index contributed by atoms with van der Waals surface area (Å²) in [6.45, 7) is 5.31. The third-order valence-corrected chi connectivity index (χ3v) is 6.26. The molecule has 0 unspecified atom stereocenters. The maximum Gasteiger partial charge on any atom is 0.223 e. The van der Waals surface area contributed by atoms with Gasteiger partial charge < -0.3 is 4.90 Å². The number of aromatic nitrogens is 4. The van der Waals surface area contributed by atoms with Crippen molar-refractivity contribution in [1.29, 1.82) is 5.26 Å². The molecule has 3 aromatic heterocycles. The van der Waals surface area contributed by atoms with E-state index in [9.17, 15) is 4.79 Å². The van der Waals surface area contributed by atoms with E-state index in [1.54, 1.807) is 22.5 Å². The maximum atomic E-state index is 11.7. The van der Waals surface area contributed by atoms with Gasteiger partial charge in [0.25, 0.3) is 0 Å². The molecule has 4 aromatic rings. The van der Waals surface area contributed by atoms with E-state index in [0.29, 0.717) is 23.8 Å². The number of fused-ring (bicyclic) bond motifs is 1. The van der Waals surface area contributed by atoms with Gasteiger partial charge in [-0.3, -0.25) is 14.7 Å². The van der Waals surface area contributed by atoms with Crippen LogP contribution in [0.2, 0.25) is 0 Å². The third-order valence-electron chi connectivity index (χ3n) is 6.26. The van der Waals surface area contributed by atoms with E-state index in [1.165, 1.54) is 31.1 Å². The SMILES string of the molecule is CCN(C(C)=O)c1cccc(-c2ccnc3c(C#N)cnn23)c1.CN1CCC[C@H]1c1cccnc1. The number of nitrogens with zero attached hydrogens (tertiary/aromatic N) is 7. The lowest BCUT2D eigenvalue weighted by Crippen LogP contribution is -2.27. The quantitative estimate of drug-likeness (QED) is 0.439. The first kappa shape index (κ1) is 24.0.